The molecule has 4 heterocycles. The van der Waals surface area contributed by atoms with E-state index in [9.17, 15) is 14.7 Å². The zero-order valence-electron chi connectivity index (χ0n) is 25.6. The Kier molecular flexibility index (Phi) is 9.20. The number of carbonyl (C=O) groups is 2. The van der Waals surface area contributed by atoms with Gasteiger partial charge in [0, 0.05) is 94.5 Å². The first-order valence-corrected chi connectivity index (χ1v) is 15.5. The highest BCUT2D eigenvalue weighted by atomic mass is 16.3. The second-order valence-electron chi connectivity index (χ2n) is 11.9. The number of carbonyl (C=O) groups excluding carboxylic acids is 2. The first kappa shape index (κ1) is 30.4. The van der Waals surface area contributed by atoms with Gasteiger partial charge in [0.2, 0.25) is 0 Å². The average Bonchev–Trinajstić information content (AvgIpc) is 3.71. The van der Waals surface area contributed by atoms with Crippen molar-refractivity contribution in [3.8, 4) is 22.3 Å². The van der Waals surface area contributed by atoms with Crippen molar-refractivity contribution in [2.45, 2.75) is 19.0 Å². The van der Waals surface area contributed by atoms with E-state index in [2.05, 4.69) is 49.5 Å². The van der Waals surface area contributed by atoms with E-state index in [1.54, 1.807) is 28.0 Å². The van der Waals surface area contributed by atoms with E-state index < -0.39 is 0 Å². The molecule has 2 aliphatic rings. The van der Waals surface area contributed by atoms with Crippen LogP contribution in [0.5, 0.6) is 0 Å². The summed E-state index contributed by atoms with van der Waals surface area (Å²) in [5, 5.41) is 16.4. The number of piperazine rings is 1. The summed E-state index contributed by atoms with van der Waals surface area (Å²) in [6, 6.07) is 17.9. The summed E-state index contributed by atoms with van der Waals surface area (Å²) in [5.41, 5.74) is 12.0. The van der Waals surface area contributed by atoms with E-state index in [-0.39, 0.29) is 30.3 Å². The van der Waals surface area contributed by atoms with Gasteiger partial charge in [-0.2, -0.15) is 5.10 Å². The van der Waals surface area contributed by atoms with Gasteiger partial charge in [-0.05, 0) is 47.4 Å². The number of aliphatic hydroxyl groups is 1. The maximum atomic E-state index is 13.3. The van der Waals surface area contributed by atoms with Gasteiger partial charge < -0.3 is 21.1 Å². The molecule has 4 aromatic rings. The van der Waals surface area contributed by atoms with Gasteiger partial charge in [-0.3, -0.25) is 24.1 Å². The molecule has 0 bridgehead atoms. The molecule has 234 valence electrons. The molecule has 2 fully saturated rings. The van der Waals surface area contributed by atoms with Crippen LogP contribution in [0.1, 0.15) is 32.7 Å². The zero-order valence-corrected chi connectivity index (χ0v) is 25.6. The Morgan fingerprint density at radius 3 is 2.44 bits per heavy atom. The molecule has 2 aromatic carbocycles. The van der Waals surface area contributed by atoms with Crippen LogP contribution in [-0.4, -0.2) is 105 Å². The van der Waals surface area contributed by atoms with Crippen molar-refractivity contribution in [1.29, 1.82) is 0 Å². The smallest absolute Gasteiger partial charge is 0.255 e. The maximum Gasteiger partial charge on any atom is 0.255 e. The monoisotopic (exact) mass is 608 g/mol. The summed E-state index contributed by atoms with van der Waals surface area (Å²) in [4.78, 5) is 37.2. The molecule has 0 spiro atoms. The summed E-state index contributed by atoms with van der Waals surface area (Å²) in [5.74, 6) is -0.193. The normalized spacial score (nSPS) is 17.5. The number of likely N-dealkylation sites (tertiary alicyclic amines) is 1. The largest absolute Gasteiger partial charge is 0.395 e. The van der Waals surface area contributed by atoms with Gasteiger partial charge >= 0.3 is 0 Å². The van der Waals surface area contributed by atoms with Gasteiger partial charge in [0.15, 0.2) is 0 Å². The number of nitrogens with two attached hydrogens (primary N) is 1. The van der Waals surface area contributed by atoms with Gasteiger partial charge in [-0.15, -0.1) is 0 Å². The molecule has 0 saturated carbocycles. The SMILES string of the molecule is Cn1cc(-c2cnc(N)c(C(=O)N[C@@H]3CCN(C(=O)c4ccc(-c5cccc(CN6CCN(CCO)CC6)c5)cc4)C3)c2)cn1. The third kappa shape index (κ3) is 7.22. The molecular weight excluding hydrogens is 568 g/mol. The lowest BCUT2D eigenvalue weighted by Crippen LogP contribution is -2.46. The van der Waals surface area contributed by atoms with E-state index in [4.69, 9.17) is 5.73 Å². The van der Waals surface area contributed by atoms with E-state index in [0.717, 1.165) is 61.5 Å². The van der Waals surface area contributed by atoms with Gasteiger partial charge in [0.25, 0.3) is 11.8 Å². The fourth-order valence-electron chi connectivity index (χ4n) is 6.12. The fraction of sp³-hybridized carbons (Fsp3) is 0.353. The third-order valence-corrected chi connectivity index (χ3v) is 8.69. The lowest BCUT2D eigenvalue weighted by atomic mass is 10.0. The number of aliphatic hydroxyl groups excluding tert-OH is 1. The molecule has 1 atom stereocenters. The van der Waals surface area contributed by atoms with Crippen LogP contribution in [-0.2, 0) is 13.6 Å². The molecule has 2 aliphatic heterocycles. The number of benzene rings is 2. The van der Waals surface area contributed by atoms with Crippen molar-refractivity contribution in [2.24, 2.45) is 7.05 Å². The number of β-amino-alcohol motifs (C(OH)–C–C–N with tert-alkyl or cyclic N) is 1. The summed E-state index contributed by atoms with van der Waals surface area (Å²) >= 11 is 0. The van der Waals surface area contributed by atoms with Crippen LogP contribution in [0.3, 0.4) is 0 Å². The predicted octanol–water partition coefficient (Wildman–Crippen LogP) is 2.49. The number of rotatable bonds is 9. The molecule has 11 heteroatoms. The van der Waals surface area contributed by atoms with Crippen LogP contribution >= 0.6 is 0 Å². The quantitative estimate of drug-likeness (QED) is 0.264. The van der Waals surface area contributed by atoms with Gasteiger partial charge in [0.05, 0.1) is 18.4 Å². The predicted molar refractivity (Wildman–Crippen MR) is 173 cm³/mol. The molecule has 45 heavy (non-hydrogen) atoms. The Balaban J connectivity index is 1.04. The molecule has 0 unspecified atom stereocenters. The molecule has 0 radical (unpaired) electrons. The Morgan fingerprint density at radius 1 is 0.933 bits per heavy atom. The minimum Gasteiger partial charge on any atom is -0.395 e. The minimum atomic E-state index is -0.305. The number of aryl methyl sites for hydroxylation is 1. The second-order valence-corrected chi connectivity index (χ2v) is 11.9. The molecular formula is C34H40N8O3. The molecule has 2 aromatic heterocycles. The van der Waals surface area contributed by atoms with Crippen molar-refractivity contribution in [3.63, 3.8) is 0 Å². The Labute approximate surface area is 263 Å². The highest BCUT2D eigenvalue weighted by Crippen LogP contribution is 2.25. The van der Waals surface area contributed by atoms with Gasteiger partial charge in [-0.1, -0.05) is 30.3 Å². The lowest BCUT2D eigenvalue weighted by Gasteiger charge is -2.34. The molecule has 6 rings (SSSR count). The number of hydrogen-bond donors (Lipinski definition) is 3. The number of hydrogen-bond acceptors (Lipinski definition) is 8. The van der Waals surface area contributed by atoms with Crippen LogP contribution in [0.15, 0.2) is 73.2 Å². The molecule has 0 aliphatic carbocycles. The number of nitrogens with one attached hydrogen (secondary N) is 1. The summed E-state index contributed by atoms with van der Waals surface area (Å²) in [6.45, 7) is 6.78. The third-order valence-electron chi connectivity index (χ3n) is 8.69. The van der Waals surface area contributed by atoms with Crippen molar-refractivity contribution in [2.75, 3.05) is 58.2 Å². The minimum absolute atomic E-state index is 0.0489. The van der Waals surface area contributed by atoms with Crippen molar-refractivity contribution < 1.29 is 14.7 Å². The summed E-state index contributed by atoms with van der Waals surface area (Å²) in [6.07, 6.45) is 5.86. The highest BCUT2D eigenvalue weighted by molar-refractivity contribution is 6.00. The lowest BCUT2D eigenvalue weighted by molar-refractivity contribution is 0.0783. The highest BCUT2D eigenvalue weighted by Gasteiger charge is 2.29. The topological polar surface area (TPSA) is 133 Å². The number of nitrogen functional groups attached to an aromatic ring is 1. The number of aromatic nitrogens is 3. The number of nitrogens with zero attached hydrogens (tertiary/aromatic N) is 6. The molecule has 2 amide bonds. The number of anilines is 1. The first-order chi connectivity index (χ1) is 21.9. The Hall–Kier alpha value is -4.58. The Bertz CT molecular complexity index is 1650. The van der Waals surface area contributed by atoms with Crippen LogP contribution in [0.25, 0.3) is 22.3 Å². The summed E-state index contributed by atoms with van der Waals surface area (Å²) in [7, 11) is 1.83. The van der Waals surface area contributed by atoms with Crippen LogP contribution in [0, 0.1) is 0 Å². The standard InChI is InChI=1S/C34H40N8O3/c1-39-22-29(20-37-39)28-18-31(32(35)36-19-28)33(44)38-30-9-10-42(23-30)34(45)26-7-5-25(6-8-26)27-4-2-3-24(17-27)21-41-13-11-40(12-14-41)15-16-43/h2-8,17-20,22,30,43H,9-16,21,23H2,1H3,(H2,35,36)(H,38,44)/t30-/m1/s1. The maximum absolute atomic E-state index is 13.3. The van der Waals surface area contributed by atoms with Crippen LogP contribution < -0.4 is 11.1 Å². The molecule has 4 N–H and O–H groups in total. The van der Waals surface area contributed by atoms with E-state index in [0.29, 0.717) is 30.6 Å². The second kappa shape index (κ2) is 13.6. The van der Waals surface area contributed by atoms with Gasteiger partial charge in [0.1, 0.15) is 5.82 Å². The van der Waals surface area contributed by atoms with Gasteiger partial charge in [-0.25, -0.2) is 4.98 Å². The summed E-state index contributed by atoms with van der Waals surface area (Å²) < 4.78 is 1.69. The van der Waals surface area contributed by atoms with Crippen molar-refractivity contribution in [1.82, 2.24) is 34.8 Å². The van der Waals surface area contributed by atoms with E-state index in [1.807, 2.05) is 37.5 Å². The van der Waals surface area contributed by atoms with E-state index in [1.165, 1.54) is 5.56 Å². The molecule has 11 nitrogen and oxygen atoms in total. The van der Waals surface area contributed by atoms with Crippen LogP contribution in [0.2, 0.25) is 0 Å². The first-order valence-electron chi connectivity index (χ1n) is 15.5. The number of amides is 2. The van der Waals surface area contributed by atoms with Crippen molar-refractivity contribution in [3.05, 3.63) is 89.9 Å². The van der Waals surface area contributed by atoms with Crippen molar-refractivity contribution >= 4 is 17.6 Å². The van der Waals surface area contributed by atoms with Crippen LogP contribution in [0.4, 0.5) is 5.82 Å². The number of pyridine rings is 1. The fourth-order valence-corrected chi connectivity index (χ4v) is 6.12. The van der Waals surface area contributed by atoms with E-state index >= 15 is 0 Å². The molecule has 2 saturated heterocycles. The average molecular weight is 609 g/mol. The zero-order chi connectivity index (χ0) is 31.3. The Morgan fingerprint density at radius 2 is 1.71 bits per heavy atom.